The molecule has 0 saturated heterocycles. The number of carbonyl (C=O) groups is 1. The van der Waals surface area contributed by atoms with Crippen molar-refractivity contribution in [3.63, 3.8) is 0 Å². The molecule has 2 aromatic rings. The molecule has 22 heavy (non-hydrogen) atoms. The Labute approximate surface area is 127 Å². The number of ether oxygens (including phenoxy) is 1. The molecule has 0 radical (unpaired) electrons. The van der Waals surface area contributed by atoms with E-state index in [-0.39, 0.29) is 23.9 Å². The Morgan fingerprint density at radius 2 is 1.73 bits per heavy atom. The molecule has 0 spiro atoms. The van der Waals surface area contributed by atoms with Crippen molar-refractivity contribution in [3.05, 3.63) is 59.7 Å². The van der Waals surface area contributed by atoms with Gasteiger partial charge >= 0.3 is 5.97 Å². The van der Waals surface area contributed by atoms with Crippen LogP contribution in [0.3, 0.4) is 0 Å². The summed E-state index contributed by atoms with van der Waals surface area (Å²) < 4.78 is 5.05. The van der Waals surface area contributed by atoms with Crippen LogP contribution in [0.1, 0.15) is 11.1 Å². The quantitative estimate of drug-likeness (QED) is 0.449. The molecule has 2 aromatic carbocycles. The normalized spacial score (nSPS) is 10.7. The third-order valence-electron chi connectivity index (χ3n) is 2.98. The maximum atomic E-state index is 11.6. The lowest BCUT2D eigenvalue weighted by Gasteiger charge is -2.03. The fraction of sp³-hybridized carbons (Fsp3) is 0.118. The molecule has 0 amide bonds. The van der Waals surface area contributed by atoms with Crippen LogP contribution in [0.25, 0.3) is 6.08 Å². The first-order valence-corrected chi connectivity index (χ1v) is 6.69. The Balaban J connectivity index is 1.81. The second-order valence-electron chi connectivity index (χ2n) is 4.67. The maximum Gasteiger partial charge on any atom is 0.330 e. The van der Waals surface area contributed by atoms with E-state index in [0.717, 1.165) is 5.56 Å². The van der Waals surface area contributed by atoms with Crippen LogP contribution in [-0.2, 0) is 16.0 Å². The molecule has 0 bridgehead atoms. The van der Waals surface area contributed by atoms with Gasteiger partial charge in [-0.2, -0.15) is 0 Å². The van der Waals surface area contributed by atoms with Gasteiger partial charge in [0.1, 0.15) is 5.75 Å². The molecular formula is C17H16O5. The first-order valence-electron chi connectivity index (χ1n) is 6.69. The van der Waals surface area contributed by atoms with E-state index in [9.17, 15) is 15.0 Å². The van der Waals surface area contributed by atoms with Crippen molar-refractivity contribution in [1.29, 1.82) is 0 Å². The molecule has 5 heteroatoms. The minimum Gasteiger partial charge on any atom is -0.508 e. The van der Waals surface area contributed by atoms with Crippen LogP contribution in [0.4, 0.5) is 0 Å². The highest BCUT2D eigenvalue weighted by molar-refractivity contribution is 5.87. The first-order chi connectivity index (χ1) is 10.5. The standard InChI is InChI=1S/C17H16O5/c18-14-5-1-12(2-6-14)9-10-22-17(21)8-4-13-3-7-15(19)16(20)11-13/h1-8,11,18-20H,9-10H2. The van der Waals surface area contributed by atoms with Crippen LogP contribution in [0.2, 0.25) is 0 Å². The second kappa shape index (κ2) is 7.17. The van der Waals surface area contributed by atoms with E-state index in [4.69, 9.17) is 9.84 Å². The van der Waals surface area contributed by atoms with Gasteiger partial charge in [-0.3, -0.25) is 0 Å². The minimum absolute atomic E-state index is 0.195. The van der Waals surface area contributed by atoms with E-state index in [0.29, 0.717) is 12.0 Å². The number of carbonyl (C=O) groups excluding carboxylic acids is 1. The Bertz CT molecular complexity index is 674. The molecule has 0 aromatic heterocycles. The van der Waals surface area contributed by atoms with Gasteiger partial charge in [0.05, 0.1) is 6.61 Å². The topological polar surface area (TPSA) is 87.0 Å². The first kappa shape index (κ1) is 15.4. The molecule has 0 aliphatic carbocycles. The summed E-state index contributed by atoms with van der Waals surface area (Å²) in [5.74, 6) is -0.761. The van der Waals surface area contributed by atoms with Crippen LogP contribution >= 0.6 is 0 Å². The van der Waals surface area contributed by atoms with Crippen molar-refractivity contribution in [3.8, 4) is 17.2 Å². The van der Waals surface area contributed by atoms with E-state index < -0.39 is 5.97 Å². The highest BCUT2D eigenvalue weighted by atomic mass is 16.5. The van der Waals surface area contributed by atoms with Crippen molar-refractivity contribution in [2.24, 2.45) is 0 Å². The van der Waals surface area contributed by atoms with Crippen LogP contribution < -0.4 is 0 Å². The predicted molar refractivity (Wildman–Crippen MR) is 81.6 cm³/mol. The molecule has 0 aliphatic heterocycles. The summed E-state index contributed by atoms with van der Waals surface area (Å²) in [6.45, 7) is 0.231. The van der Waals surface area contributed by atoms with Gasteiger partial charge in [0.2, 0.25) is 0 Å². The van der Waals surface area contributed by atoms with Crippen molar-refractivity contribution >= 4 is 12.0 Å². The third-order valence-corrected chi connectivity index (χ3v) is 2.98. The van der Waals surface area contributed by atoms with Gasteiger partial charge in [0.15, 0.2) is 11.5 Å². The molecule has 114 valence electrons. The smallest absolute Gasteiger partial charge is 0.330 e. The van der Waals surface area contributed by atoms with E-state index in [1.165, 1.54) is 24.3 Å². The lowest BCUT2D eigenvalue weighted by Crippen LogP contribution is -2.04. The number of phenolic OH excluding ortho intramolecular Hbond substituents is 3. The molecule has 0 aliphatic rings. The summed E-state index contributed by atoms with van der Waals surface area (Å²) >= 11 is 0. The van der Waals surface area contributed by atoms with E-state index >= 15 is 0 Å². The van der Waals surface area contributed by atoms with Crippen LogP contribution in [0.5, 0.6) is 17.2 Å². The van der Waals surface area contributed by atoms with Gasteiger partial charge in [-0.15, -0.1) is 0 Å². The summed E-state index contributed by atoms with van der Waals surface area (Å²) in [4.78, 5) is 11.6. The zero-order valence-electron chi connectivity index (χ0n) is 11.8. The summed E-state index contributed by atoms with van der Waals surface area (Å²) in [7, 11) is 0. The number of esters is 1. The van der Waals surface area contributed by atoms with Gasteiger partial charge in [0.25, 0.3) is 0 Å². The van der Waals surface area contributed by atoms with E-state index in [1.807, 2.05) is 0 Å². The monoisotopic (exact) mass is 300 g/mol. The average molecular weight is 300 g/mol. The minimum atomic E-state index is -0.494. The van der Waals surface area contributed by atoms with Crippen molar-refractivity contribution < 1.29 is 24.9 Å². The summed E-state index contributed by atoms with van der Waals surface area (Å²) in [6.07, 6.45) is 3.30. The van der Waals surface area contributed by atoms with Gasteiger partial charge < -0.3 is 20.1 Å². The van der Waals surface area contributed by atoms with Gasteiger partial charge in [-0.05, 0) is 41.5 Å². The predicted octanol–water partition coefficient (Wildman–Crippen LogP) is 2.60. The zero-order valence-corrected chi connectivity index (χ0v) is 11.8. The van der Waals surface area contributed by atoms with E-state index in [1.54, 1.807) is 30.3 Å². The molecular weight excluding hydrogens is 284 g/mol. The second-order valence-corrected chi connectivity index (χ2v) is 4.67. The Kier molecular flexibility index (Phi) is 5.03. The number of hydrogen-bond acceptors (Lipinski definition) is 5. The SMILES string of the molecule is O=C(C=Cc1ccc(O)c(O)c1)OCCc1ccc(O)cc1. The molecule has 0 atom stereocenters. The van der Waals surface area contributed by atoms with Crippen molar-refractivity contribution in [2.45, 2.75) is 6.42 Å². The molecule has 0 unspecified atom stereocenters. The van der Waals surface area contributed by atoms with Gasteiger partial charge in [-0.1, -0.05) is 18.2 Å². The fourth-order valence-corrected chi connectivity index (χ4v) is 1.79. The number of phenols is 3. The van der Waals surface area contributed by atoms with Crippen LogP contribution in [-0.4, -0.2) is 27.9 Å². The van der Waals surface area contributed by atoms with Crippen molar-refractivity contribution in [1.82, 2.24) is 0 Å². The van der Waals surface area contributed by atoms with Crippen LogP contribution in [0, 0.1) is 0 Å². The van der Waals surface area contributed by atoms with Crippen LogP contribution in [0.15, 0.2) is 48.5 Å². The van der Waals surface area contributed by atoms with Crippen molar-refractivity contribution in [2.75, 3.05) is 6.61 Å². The summed E-state index contributed by atoms with van der Waals surface area (Å²) in [5.41, 5.74) is 1.53. The lowest BCUT2D eigenvalue weighted by atomic mass is 10.1. The molecule has 0 saturated carbocycles. The molecule has 0 heterocycles. The summed E-state index contributed by atoms with van der Waals surface area (Å²) in [5, 5.41) is 27.7. The zero-order chi connectivity index (χ0) is 15.9. The third kappa shape index (κ3) is 4.56. The van der Waals surface area contributed by atoms with E-state index in [2.05, 4.69) is 0 Å². The lowest BCUT2D eigenvalue weighted by molar-refractivity contribution is -0.137. The van der Waals surface area contributed by atoms with Gasteiger partial charge in [0, 0.05) is 12.5 Å². The molecule has 2 rings (SSSR count). The number of rotatable bonds is 5. The summed E-state index contributed by atoms with van der Waals surface area (Å²) in [6, 6.07) is 10.9. The highest BCUT2D eigenvalue weighted by Gasteiger charge is 2.01. The molecule has 3 N–H and O–H groups in total. The Morgan fingerprint density at radius 1 is 1.00 bits per heavy atom. The van der Waals surface area contributed by atoms with Gasteiger partial charge in [-0.25, -0.2) is 4.79 Å². The largest absolute Gasteiger partial charge is 0.508 e. The maximum absolute atomic E-state index is 11.6. The highest BCUT2D eigenvalue weighted by Crippen LogP contribution is 2.25. The fourth-order valence-electron chi connectivity index (χ4n) is 1.79. The molecule has 5 nitrogen and oxygen atoms in total. The average Bonchev–Trinajstić information content (AvgIpc) is 2.50. The Morgan fingerprint density at radius 3 is 2.41 bits per heavy atom. The number of aromatic hydroxyl groups is 3. The molecule has 0 fully saturated rings. The number of benzene rings is 2. The Hall–Kier alpha value is -2.95. The number of hydrogen-bond donors (Lipinski definition) is 3.